The van der Waals surface area contributed by atoms with E-state index >= 15 is 0 Å². The van der Waals surface area contributed by atoms with Gasteiger partial charge in [-0.1, -0.05) is 6.92 Å². The maximum atomic E-state index is 9.54. The topological polar surface area (TPSA) is 38.7 Å². The first-order chi connectivity index (χ1) is 9.67. The Labute approximate surface area is 124 Å². The zero-order chi connectivity index (χ0) is 14.4. The van der Waals surface area contributed by atoms with Gasteiger partial charge >= 0.3 is 0 Å². The van der Waals surface area contributed by atoms with E-state index < -0.39 is 0 Å². The molecule has 2 aliphatic heterocycles. The minimum Gasteiger partial charge on any atom is -0.394 e. The number of rotatable bonds is 7. The third-order valence-corrected chi connectivity index (χ3v) is 5.04. The molecule has 0 spiro atoms. The molecule has 0 saturated carbocycles. The van der Waals surface area contributed by atoms with Gasteiger partial charge < -0.3 is 15.3 Å². The van der Waals surface area contributed by atoms with E-state index in [0.717, 1.165) is 19.0 Å². The summed E-state index contributed by atoms with van der Waals surface area (Å²) in [5.74, 6) is 0. The smallest absolute Gasteiger partial charge is 0.0610 e. The predicted octanol–water partition coefficient (Wildman–Crippen LogP) is 1.30. The quantitative estimate of drug-likeness (QED) is 0.739. The molecular formula is C16H33N3O. The van der Waals surface area contributed by atoms with Crippen molar-refractivity contribution in [3.05, 3.63) is 0 Å². The van der Waals surface area contributed by atoms with Crippen molar-refractivity contribution in [2.45, 2.75) is 57.5 Å². The van der Waals surface area contributed by atoms with E-state index in [9.17, 15) is 5.11 Å². The summed E-state index contributed by atoms with van der Waals surface area (Å²) in [6, 6.07) is 0.815. The monoisotopic (exact) mass is 283 g/mol. The molecule has 0 aromatic carbocycles. The summed E-state index contributed by atoms with van der Waals surface area (Å²) in [5.41, 5.74) is -0.0972. The Morgan fingerprint density at radius 1 is 1.25 bits per heavy atom. The molecule has 2 fully saturated rings. The molecule has 0 aromatic rings. The number of nitrogens with one attached hydrogen (secondary N) is 1. The fraction of sp³-hybridized carbons (Fsp3) is 1.00. The lowest BCUT2D eigenvalue weighted by molar-refractivity contribution is 0.156. The molecule has 2 atom stereocenters. The zero-order valence-corrected chi connectivity index (χ0v) is 13.4. The van der Waals surface area contributed by atoms with E-state index in [1.165, 1.54) is 58.4 Å². The van der Waals surface area contributed by atoms with Gasteiger partial charge in [-0.05, 0) is 71.8 Å². The van der Waals surface area contributed by atoms with E-state index in [2.05, 4.69) is 29.0 Å². The van der Waals surface area contributed by atoms with Crippen molar-refractivity contribution in [2.24, 2.45) is 0 Å². The summed E-state index contributed by atoms with van der Waals surface area (Å²) in [6.07, 6.45) is 6.34. The minimum absolute atomic E-state index is 0.0972. The molecule has 2 unspecified atom stereocenters. The Balaban J connectivity index is 1.73. The molecule has 2 N–H and O–H groups in total. The number of nitrogens with zero attached hydrogens (tertiary/aromatic N) is 2. The van der Waals surface area contributed by atoms with Crippen molar-refractivity contribution >= 4 is 0 Å². The Bertz CT molecular complexity index is 287. The molecule has 4 nitrogen and oxygen atoms in total. The molecule has 0 amide bonds. The maximum Gasteiger partial charge on any atom is 0.0610 e. The SMILES string of the molecule is CCNC(C)(CO)CCCN1CCCN2CCCC2C1. The van der Waals surface area contributed by atoms with Gasteiger partial charge in [0.1, 0.15) is 0 Å². The standard InChI is InChI=1S/C16H33N3O/c1-3-17-16(2,14-20)8-5-9-18-10-6-12-19-11-4-7-15(19)13-18/h15,17,20H,3-14H2,1-2H3. The van der Waals surface area contributed by atoms with Crippen LogP contribution in [0.15, 0.2) is 0 Å². The number of hydrogen-bond donors (Lipinski definition) is 2. The van der Waals surface area contributed by atoms with Crippen LogP contribution in [0, 0.1) is 0 Å². The highest BCUT2D eigenvalue weighted by atomic mass is 16.3. The first kappa shape index (κ1) is 16.2. The molecule has 0 aromatic heterocycles. The van der Waals surface area contributed by atoms with Gasteiger partial charge in [0.25, 0.3) is 0 Å². The Morgan fingerprint density at radius 3 is 2.80 bits per heavy atom. The second-order valence-corrected chi connectivity index (χ2v) is 6.84. The lowest BCUT2D eigenvalue weighted by Gasteiger charge is -2.30. The summed E-state index contributed by atoms with van der Waals surface area (Å²) >= 11 is 0. The van der Waals surface area contributed by atoms with Crippen LogP contribution in [-0.4, -0.2) is 72.4 Å². The molecule has 2 rings (SSSR count). The zero-order valence-electron chi connectivity index (χ0n) is 13.4. The highest BCUT2D eigenvalue weighted by Crippen LogP contribution is 2.22. The summed E-state index contributed by atoms with van der Waals surface area (Å²) in [7, 11) is 0. The number of hydrogen-bond acceptors (Lipinski definition) is 4. The summed E-state index contributed by atoms with van der Waals surface area (Å²) in [4.78, 5) is 5.34. The van der Waals surface area contributed by atoms with Gasteiger partial charge in [0.15, 0.2) is 0 Å². The molecule has 0 bridgehead atoms. The van der Waals surface area contributed by atoms with Crippen LogP contribution in [0.25, 0.3) is 0 Å². The van der Waals surface area contributed by atoms with Crippen LogP contribution < -0.4 is 5.32 Å². The van der Waals surface area contributed by atoms with Crippen molar-refractivity contribution < 1.29 is 5.11 Å². The summed E-state index contributed by atoms with van der Waals surface area (Å²) in [6.45, 7) is 11.7. The predicted molar refractivity (Wildman–Crippen MR) is 84.1 cm³/mol. The van der Waals surface area contributed by atoms with Gasteiger partial charge in [-0.25, -0.2) is 0 Å². The maximum absolute atomic E-state index is 9.54. The molecular weight excluding hydrogens is 250 g/mol. The molecule has 20 heavy (non-hydrogen) atoms. The third kappa shape index (κ3) is 4.42. The van der Waals surface area contributed by atoms with E-state index in [4.69, 9.17) is 0 Å². The van der Waals surface area contributed by atoms with Gasteiger partial charge in [-0.15, -0.1) is 0 Å². The fourth-order valence-electron chi connectivity index (χ4n) is 3.83. The van der Waals surface area contributed by atoms with E-state index in [-0.39, 0.29) is 12.1 Å². The lowest BCUT2D eigenvalue weighted by Crippen LogP contribution is -2.46. The number of fused-ring (bicyclic) bond motifs is 1. The number of aliphatic hydroxyl groups is 1. The molecule has 0 radical (unpaired) electrons. The van der Waals surface area contributed by atoms with Gasteiger partial charge in [-0.2, -0.15) is 0 Å². The fourth-order valence-corrected chi connectivity index (χ4v) is 3.83. The van der Waals surface area contributed by atoms with Crippen LogP contribution in [0.3, 0.4) is 0 Å². The molecule has 2 aliphatic rings. The molecule has 4 heteroatoms. The largest absolute Gasteiger partial charge is 0.394 e. The average molecular weight is 283 g/mol. The minimum atomic E-state index is -0.0972. The highest BCUT2D eigenvalue weighted by molar-refractivity contribution is 4.86. The molecule has 2 saturated heterocycles. The van der Waals surface area contributed by atoms with Gasteiger partial charge in [-0.3, -0.25) is 4.90 Å². The van der Waals surface area contributed by atoms with Crippen LogP contribution in [0.4, 0.5) is 0 Å². The summed E-state index contributed by atoms with van der Waals surface area (Å²) in [5, 5.41) is 13.0. The molecule has 118 valence electrons. The first-order valence-corrected chi connectivity index (χ1v) is 8.49. The van der Waals surface area contributed by atoms with Crippen molar-refractivity contribution in [1.82, 2.24) is 15.1 Å². The Kier molecular flexibility index (Phi) is 6.27. The second-order valence-electron chi connectivity index (χ2n) is 6.84. The lowest BCUT2D eigenvalue weighted by atomic mass is 9.96. The van der Waals surface area contributed by atoms with Crippen LogP contribution in [-0.2, 0) is 0 Å². The van der Waals surface area contributed by atoms with Crippen molar-refractivity contribution in [3.8, 4) is 0 Å². The molecule has 0 aliphatic carbocycles. The average Bonchev–Trinajstić information content (AvgIpc) is 2.78. The van der Waals surface area contributed by atoms with Gasteiger partial charge in [0, 0.05) is 18.1 Å². The Morgan fingerprint density at radius 2 is 2.05 bits per heavy atom. The normalized spacial score (nSPS) is 28.1. The van der Waals surface area contributed by atoms with Crippen LogP contribution in [0.2, 0.25) is 0 Å². The Hall–Kier alpha value is -0.160. The van der Waals surface area contributed by atoms with Gasteiger partial charge in [0.2, 0.25) is 0 Å². The van der Waals surface area contributed by atoms with Crippen LogP contribution >= 0.6 is 0 Å². The van der Waals surface area contributed by atoms with Crippen LogP contribution in [0.5, 0.6) is 0 Å². The van der Waals surface area contributed by atoms with Crippen LogP contribution in [0.1, 0.15) is 46.0 Å². The van der Waals surface area contributed by atoms with Crippen molar-refractivity contribution in [3.63, 3.8) is 0 Å². The van der Waals surface area contributed by atoms with Crippen molar-refractivity contribution in [1.29, 1.82) is 0 Å². The van der Waals surface area contributed by atoms with E-state index in [1.54, 1.807) is 0 Å². The van der Waals surface area contributed by atoms with E-state index in [0.29, 0.717) is 0 Å². The number of aliphatic hydroxyl groups excluding tert-OH is 1. The first-order valence-electron chi connectivity index (χ1n) is 8.49. The summed E-state index contributed by atoms with van der Waals surface area (Å²) < 4.78 is 0. The number of likely N-dealkylation sites (N-methyl/N-ethyl adjacent to an activating group) is 1. The van der Waals surface area contributed by atoms with Gasteiger partial charge in [0.05, 0.1) is 6.61 Å². The molecule has 2 heterocycles. The van der Waals surface area contributed by atoms with Crippen molar-refractivity contribution in [2.75, 3.05) is 45.9 Å². The second kappa shape index (κ2) is 7.74. The van der Waals surface area contributed by atoms with E-state index in [1.807, 2.05) is 0 Å². The third-order valence-electron chi connectivity index (χ3n) is 5.04. The highest BCUT2D eigenvalue weighted by Gasteiger charge is 2.29.